The minimum absolute atomic E-state index is 0.0263. The van der Waals surface area contributed by atoms with Crippen LogP contribution in [0, 0.1) is 0 Å². The van der Waals surface area contributed by atoms with Crippen LogP contribution in [-0.2, 0) is 15.7 Å². The summed E-state index contributed by atoms with van der Waals surface area (Å²) < 4.78 is 50.3. The van der Waals surface area contributed by atoms with Crippen LogP contribution in [-0.4, -0.2) is 47.0 Å². The summed E-state index contributed by atoms with van der Waals surface area (Å²) in [5.41, 5.74) is 6.83. The Bertz CT molecular complexity index is 1230. The second kappa shape index (κ2) is 9.74. The lowest BCUT2D eigenvalue weighted by Crippen LogP contribution is -2.15. The van der Waals surface area contributed by atoms with E-state index in [1.807, 2.05) is 0 Å². The molecule has 35 heavy (non-hydrogen) atoms. The van der Waals surface area contributed by atoms with Gasteiger partial charge < -0.3 is 20.5 Å². The van der Waals surface area contributed by atoms with Gasteiger partial charge in [-0.15, -0.1) is 0 Å². The first-order valence-corrected chi connectivity index (χ1v) is 10.7. The fourth-order valence-electron chi connectivity index (χ4n) is 3.82. The van der Waals surface area contributed by atoms with Crippen LogP contribution < -0.4 is 11.1 Å². The van der Waals surface area contributed by atoms with Crippen LogP contribution in [0.4, 0.5) is 24.7 Å². The molecule has 12 heteroatoms. The van der Waals surface area contributed by atoms with Gasteiger partial charge in [0.05, 0.1) is 29.7 Å². The highest BCUT2D eigenvalue weighted by Gasteiger charge is 2.31. The zero-order valence-electron chi connectivity index (χ0n) is 18.6. The topological polar surface area (TPSA) is 121 Å². The lowest BCUT2D eigenvalue weighted by Gasteiger charge is -2.20. The molecule has 3 aromatic rings. The van der Waals surface area contributed by atoms with E-state index in [2.05, 4.69) is 15.4 Å². The van der Waals surface area contributed by atoms with E-state index in [1.165, 1.54) is 23.9 Å². The van der Waals surface area contributed by atoms with E-state index in [1.54, 1.807) is 12.1 Å². The number of methoxy groups -OCH3 is 1. The number of nitrogen functional groups attached to an aromatic ring is 1. The van der Waals surface area contributed by atoms with Crippen LogP contribution in [0.15, 0.2) is 42.6 Å². The highest BCUT2D eigenvalue weighted by Crippen LogP contribution is 2.34. The lowest BCUT2D eigenvalue weighted by atomic mass is 9.95. The number of alkyl halides is 3. The summed E-state index contributed by atoms with van der Waals surface area (Å²) in [7, 11) is 1.24. The van der Waals surface area contributed by atoms with Crippen LogP contribution >= 0.6 is 0 Å². The Labute approximate surface area is 198 Å². The standard InChI is InChI=1S/C23H22F3N5O4/c1-34-22(33)20-18(27)19(13-7-10-35-11-8-13)30-31(20)16-4-2-14(3-5-16)21(32)29-17-12-15(6-9-28-17)23(24,25)26/h2-6,9,12-13H,7-8,10-11,27H2,1H3,(H,28,29,32). The zero-order valence-corrected chi connectivity index (χ0v) is 18.6. The number of hydrogen-bond acceptors (Lipinski definition) is 7. The summed E-state index contributed by atoms with van der Waals surface area (Å²) in [4.78, 5) is 28.8. The molecule has 0 unspecified atom stereocenters. The Morgan fingerprint density at radius 2 is 1.86 bits per heavy atom. The van der Waals surface area contributed by atoms with Crippen LogP contribution in [0.1, 0.15) is 50.9 Å². The van der Waals surface area contributed by atoms with Crippen molar-refractivity contribution in [3.8, 4) is 5.69 Å². The second-order valence-corrected chi connectivity index (χ2v) is 7.87. The smallest absolute Gasteiger partial charge is 0.416 e. The number of aromatic nitrogens is 3. The molecule has 2 aromatic heterocycles. The van der Waals surface area contributed by atoms with Crippen molar-refractivity contribution < 1.29 is 32.2 Å². The number of nitrogens with zero attached hydrogens (tertiary/aromatic N) is 3. The Balaban J connectivity index is 1.60. The number of amides is 1. The molecular weight excluding hydrogens is 467 g/mol. The van der Waals surface area contributed by atoms with Gasteiger partial charge in [-0.1, -0.05) is 0 Å². The van der Waals surface area contributed by atoms with Gasteiger partial charge in [0.1, 0.15) is 5.82 Å². The Hall–Kier alpha value is -3.93. The first-order valence-electron chi connectivity index (χ1n) is 10.7. The fraction of sp³-hybridized carbons (Fsp3) is 0.304. The highest BCUT2D eigenvalue weighted by atomic mass is 19.4. The number of nitrogens with one attached hydrogen (secondary N) is 1. The SMILES string of the molecule is COC(=O)c1c(N)c(C2CCOCC2)nn1-c1ccc(C(=O)Nc2cc(C(F)(F)F)ccn2)cc1. The number of pyridine rings is 1. The first-order chi connectivity index (χ1) is 16.7. The second-order valence-electron chi connectivity index (χ2n) is 7.87. The van der Waals surface area contributed by atoms with E-state index in [0.717, 1.165) is 18.3 Å². The number of halogens is 3. The quantitative estimate of drug-likeness (QED) is 0.523. The van der Waals surface area contributed by atoms with E-state index in [0.29, 0.717) is 37.4 Å². The predicted molar refractivity (Wildman–Crippen MR) is 119 cm³/mol. The van der Waals surface area contributed by atoms with Gasteiger partial charge in [0.15, 0.2) is 5.69 Å². The van der Waals surface area contributed by atoms with E-state index < -0.39 is 23.6 Å². The molecule has 0 aliphatic carbocycles. The summed E-state index contributed by atoms with van der Waals surface area (Å²) in [5, 5.41) is 6.91. The number of nitrogens with two attached hydrogens (primary N) is 1. The monoisotopic (exact) mass is 489 g/mol. The van der Waals surface area contributed by atoms with E-state index in [9.17, 15) is 22.8 Å². The lowest BCUT2D eigenvalue weighted by molar-refractivity contribution is -0.137. The fourth-order valence-corrected chi connectivity index (χ4v) is 3.82. The molecule has 3 heterocycles. The molecular formula is C23H22F3N5O4. The van der Waals surface area contributed by atoms with Crippen molar-refractivity contribution in [3.05, 3.63) is 65.1 Å². The van der Waals surface area contributed by atoms with Crippen LogP contribution in [0.25, 0.3) is 5.69 Å². The Kier molecular flexibility index (Phi) is 6.74. The average molecular weight is 489 g/mol. The van der Waals surface area contributed by atoms with Gasteiger partial charge in [0.25, 0.3) is 5.91 Å². The average Bonchev–Trinajstić information content (AvgIpc) is 3.21. The van der Waals surface area contributed by atoms with Crippen molar-refractivity contribution in [2.24, 2.45) is 0 Å². The molecule has 1 amide bonds. The maximum Gasteiger partial charge on any atom is 0.416 e. The van der Waals surface area contributed by atoms with Gasteiger partial charge in [0.2, 0.25) is 0 Å². The molecule has 1 aliphatic heterocycles. The van der Waals surface area contributed by atoms with Crippen LogP contribution in [0.3, 0.4) is 0 Å². The summed E-state index contributed by atoms with van der Waals surface area (Å²) >= 11 is 0. The molecule has 0 atom stereocenters. The molecule has 1 aromatic carbocycles. The maximum absolute atomic E-state index is 12.9. The summed E-state index contributed by atoms with van der Waals surface area (Å²) in [6.07, 6.45) is -2.17. The Morgan fingerprint density at radius 3 is 2.49 bits per heavy atom. The molecule has 0 saturated carbocycles. The van der Waals surface area contributed by atoms with Crippen molar-refractivity contribution in [1.29, 1.82) is 0 Å². The number of esters is 1. The van der Waals surface area contributed by atoms with Gasteiger partial charge >= 0.3 is 12.1 Å². The number of carbonyl (C=O) groups is 2. The van der Waals surface area contributed by atoms with Crippen LogP contribution in [0.2, 0.25) is 0 Å². The number of carbonyl (C=O) groups excluding carboxylic acids is 2. The van der Waals surface area contributed by atoms with Gasteiger partial charge in [-0.3, -0.25) is 4.79 Å². The third-order valence-corrected chi connectivity index (χ3v) is 5.64. The zero-order chi connectivity index (χ0) is 25.2. The molecule has 1 saturated heterocycles. The molecule has 1 aliphatic rings. The minimum atomic E-state index is -4.56. The van der Waals surface area contributed by atoms with Crippen molar-refractivity contribution in [2.45, 2.75) is 24.9 Å². The third kappa shape index (κ3) is 5.11. The molecule has 3 N–H and O–H groups in total. The van der Waals surface area contributed by atoms with Gasteiger partial charge in [0, 0.05) is 30.9 Å². The maximum atomic E-state index is 12.9. The van der Waals surface area contributed by atoms with E-state index >= 15 is 0 Å². The Morgan fingerprint density at radius 1 is 1.17 bits per heavy atom. The normalized spacial score (nSPS) is 14.5. The largest absolute Gasteiger partial charge is 0.464 e. The van der Waals surface area contributed by atoms with Gasteiger partial charge in [-0.25, -0.2) is 14.5 Å². The number of anilines is 2. The summed E-state index contributed by atoms with van der Waals surface area (Å²) in [6.45, 7) is 1.13. The van der Waals surface area contributed by atoms with Gasteiger partial charge in [-0.05, 0) is 49.2 Å². The minimum Gasteiger partial charge on any atom is -0.464 e. The molecule has 4 rings (SSSR count). The first kappa shape index (κ1) is 24.2. The number of benzene rings is 1. The van der Waals surface area contributed by atoms with Crippen molar-refractivity contribution >= 4 is 23.4 Å². The third-order valence-electron chi connectivity index (χ3n) is 5.64. The number of hydrogen-bond donors (Lipinski definition) is 2. The van der Waals surface area contributed by atoms with E-state index in [-0.39, 0.29) is 28.7 Å². The molecule has 9 nitrogen and oxygen atoms in total. The molecule has 184 valence electrons. The van der Waals surface area contributed by atoms with Crippen LogP contribution in [0.5, 0.6) is 0 Å². The number of ether oxygens (including phenoxy) is 2. The van der Waals surface area contributed by atoms with Crippen molar-refractivity contribution in [3.63, 3.8) is 0 Å². The molecule has 0 bridgehead atoms. The molecule has 1 fully saturated rings. The predicted octanol–water partition coefficient (Wildman–Crippen LogP) is 3.80. The summed E-state index contributed by atoms with van der Waals surface area (Å²) in [5.74, 6) is -1.52. The number of rotatable bonds is 5. The highest BCUT2D eigenvalue weighted by molar-refractivity contribution is 6.04. The summed E-state index contributed by atoms with van der Waals surface area (Å²) in [6, 6.07) is 7.55. The van der Waals surface area contributed by atoms with Gasteiger partial charge in [-0.2, -0.15) is 18.3 Å². The molecule has 0 spiro atoms. The molecule has 0 radical (unpaired) electrons. The van der Waals surface area contributed by atoms with Crippen molar-refractivity contribution in [1.82, 2.24) is 14.8 Å². The van der Waals surface area contributed by atoms with Crippen molar-refractivity contribution in [2.75, 3.05) is 31.4 Å². The van der Waals surface area contributed by atoms with E-state index in [4.69, 9.17) is 15.2 Å².